The van der Waals surface area contributed by atoms with Crippen LogP contribution in [0, 0.1) is 28.5 Å². The topological polar surface area (TPSA) is 41.5 Å². The Balaban J connectivity index is 1.77. The molecule has 4 atom stereocenters. The Morgan fingerprint density at radius 2 is 1.83 bits per heavy atom. The Morgan fingerprint density at radius 3 is 2.33 bits per heavy atom. The van der Waals surface area contributed by atoms with Crippen LogP contribution in [0.1, 0.15) is 79.2 Å². The Hall–Kier alpha value is -1.97. The maximum absolute atomic E-state index is 14.0. The van der Waals surface area contributed by atoms with Gasteiger partial charge in [-0.2, -0.15) is 0 Å². The van der Waals surface area contributed by atoms with Gasteiger partial charge in [0.2, 0.25) is 5.91 Å². The minimum atomic E-state index is -0.239. The molecule has 2 aliphatic rings. The minimum absolute atomic E-state index is 0.159. The molecule has 1 aromatic rings. The van der Waals surface area contributed by atoms with Crippen LogP contribution in [0.3, 0.4) is 0 Å². The molecule has 30 heavy (non-hydrogen) atoms. The van der Waals surface area contributed by atoms with Gasteiger partial charge in [0.15, 0.2) is 0 Å². The smallest absolute Gasteiger partial charge is 0.220 e. The van der Waals surface area contributed by atoms with Crippen molar-refractivity contribution in [2.24, 2.45) is 27.7 Å². The molecule has 0 saturated heterocycles. The fourth-order valence-electron chi connectivity index (χ4n) is 6.24. The summed E-state index contributed by atoms with van der Waals surface area (Å²) in [5.41, 5.74) is 2.98. The highest BCUT2D eigenvalue weighted by molar-refractivity contribution is 5.78. The van der Waals surface area contributed by atoms with Gasteiger partial charge in [0.1, 0.15) is 5.82 Å². The Morgan fingerprint density at radius 1 is 1.23 bits per heavy atom. The first-order valence-corrected chi connectivity index (χ1v) is 11.1. The number of carbonyl (C=O) groups is 1. The summed E-state index contributed by atoms with van der Waals surface area (Å²) < 4.78 is 14.0. The molecule has 1 aromatic carbocycles. The highest BCUT2D eigenvalue weighted by Gasteiger charge is 2.58. The van der Waals surface area contributed by atoms with Crippen molar-refractivity contribution in [1.29, 1.82) is 0 Å². The molecule has 0 radical (unpaired) electrons. The van der Waals surface area contributed by atoms with Crippen LogP contribution in [-0.2, 0) is 4.79 Å². The van der Waals surface area contributed by atoms with E-state index in [1.807, 2.05) is 27.7 Å². The summed E-state index contributed by atoms with van der Waals surface area (Å²) in [5.74, 6) is 0.720. The van der Waals surface area contributed by atoms with Crippen LogP contribution in [0.5, 0.6) is 0 Å². The van der Waals surface area contributed by atoms with Gasteiger partial charge < -0.3 is 5.32 Å². The van der Waals surface area contributed by atoms with Gasteiger partial charge in [-0.3, -0.25) is 9.79 Å². The predicted molar refractivity (Wildman–Crippen MR) is 123 cm³/mol. The fourth-order valence-corrected chi connectivity index (χ4v) is 6.24. The second kappa shape index (κ2) is 7.94. The lowest BCUT2D eigenvalue weighted by molar-refractivity contribution is -0.123. The molecule has 2 saturated carbocycles. The Kier molecular flexibility index (Phi) is 6.01. The summed E-state index contributed by atoms with van der Waals surface area (Å²) in [7, 11) is 0. The van der Waals surface area contributed by atoms with Crippen LogP contribution >= 0.6 is 0 Å². The van der Waals surface area contributed by atoms with Gasteiger partial charge in [0.25, 0.3) is 0 Å². The van der Waals surface area contributed by atoms with E-state index in [-0.39, 0.29) is 28.1 Å². The third-order valence-corrected chi connectivity index (χ3v) is 7.51. The van der Waals surface area contributed by atoms with Crippen molar-refractivity contribution < 1.29 is 9.18 Å². The highest BCUT2D eigenvalue weighted by Crippen LogP contribution is 2.68. The van der Waals surface area contributed by atoms with E-state index in [0.717, 1.165) is 36.9 Å². The zero-order valence-corrected chi connectivity index (χ0v) is 19.4. The van der Waals surface area contributed by atoms with Crippen LogP contribution in [0.2, 0.25) is 0 Å². The van der Waals surface area contributed by atoms with Crippen LogP contribution in [0.25, 0.3) is 5.57 Å². The van der Waals surface area contributed by atoms with E-state index in [9.17, 15) is 9.18 Å². The summed E-state index contributed by atoms with van der Waals surface area (Å²) in [4.78, 5) is 16.6. The lowest BCUT2D eigenvalue weighted by atomic mass is 9.71. The third-order valence-electron chi connectivity index (χ3n) is 7.51. The summed E-state index contributed by atoms with van der Waals surface area (Å²) >= 11 is 0. The monoisotopic (exact) mass is 412 g/mol. The SMILES string of the molecule is C=Nc1ccc(F)cc1/C(=C\C)C1C[C@]2(C)CC(CC(=O)NC(C)(C)C)C[C@]2(C)C1. The summed E-state index contributed by atoms with van der Waals surface area (Å²) in [6.07, 6.45) is 7.00. The van der Waals surface area contributed by atoms with Gasteiger partial charge >= 0.3 is 0 Å². The third kappa shape index (κ3) is 4.38. The van der Waals surface area contributed by atoms with Crippen molar-refractivity contribution in [1.82, 2.24) is 5.32 Å². The number of amides is 1. The lowest BCUT2D eigenvalue weighted by Gasteiger charge is -2.34. The van der Waals surface area contributed by atoms with E-state index in [4.69, 9.17) is 0 Å². The number of carbonyl (C=O) groups excluding carboxylic acids is 1. The van der Waals surface area contributed by atoms with Crippen molar-refractivity contribution in [2.75, 3.05) is 0 Å². The molecule has 0 aliphatic heterocycles. The number of hydrogen-bond donors (Lipinski definition) is 1. The Labute approximate surface area is 181 Å². The van der Waals surface area contributed by atoms with Gasteiger partial charge in [-0.05, 0) is 107 Å². The van der Waals surface area contributed by atoms with Crippen LogP contribution in [-0.4, -0.2) is 18.2 Å². The fraction of sp³-hybridized carbons (Fsp3) is 0.615. The number of rotatable bonds is 5. The molecule has 0 spiro atoms. The number of hydrogen-bond acceptors (Lipinski definition) is 2. The highest BCUT2D eigenvalue weighted by atomic mass is 19.1. The normalized spacial score (nSPS) is 31.5. The number of halogens is 1. The molecular weight excluding hydrogens is 375 g/mol. The number of fused-ring (bicyclic) bond motifs is 1. The zero-order chi connectivity index (χ0) is 22.3. The Bertz CT molecular complexity index is 848. The largest absolute Gasteiger partial charge is 0.352 e. The molecule has 1 amide bonds. The maximum atomic E-state index is 14.0. The first-order valence-electron chi connectivity index (χ1n) is 11.1. The number of allylic oxidation sites excluding steroid dienone is 2. The standard InChI is InChI=1S/C26H37FN2O/c1-8-20(21-12-19(27)9-10-22(21)28-7)18-15-25(5)13-17(14-26(25,6)16-18)11-23(30)29-24(2,3)4/h8-10,12,17-18H,7,11,13-16H2,1-6H3,(H,29,30)/b20-8-/t17?,18?,25-,26+. The van der Waals surface area contributed by atoms with Crippen LogP contribution < -0.4 is 5.32 Å². The van der Waals surface area contributed by atoms with E-state index in [1.165, 1.54) is 11.6 Å². The van der Waals surface area contributed by atoms with E-state index in [2.05, 4.69) is 37.0 Å². The van der Waals surface area contributed by atoms with Gasteiger partial charge in [-0.25, -0.2) is 4.39 Å². The average molecular weight is 413 g/mol. The van der Waals surface area contributed by atoms with Crippen molar-refractivity contribution >= 4 is 23.9 Å². The minimum Gasteiger partial charge on any atom is -0.352 e. The predicted octanol–water partition coefficient (Wildman–Crippen LogP) is 6.70. The average Bonchev–Trinajstić information content (AvgIpc) is 2.97. The molecule has 1 N–H and O–H groups in total. The molecular formula is C26H37FN2O. The van der Waals surface area contributed by atoms with E-state index >= 15 is 0 Å². The molecule has 2 unspecified atom stereocenters. The van der Waals surface area contributed by atoms with Crippen molar-refractivity contribution in [3.63, 3.8) is 0 Å². The number of aliphatic imine (C=N–C) groups is 1. The zero-order valence-electron chi connectivity index (χ0n) is 19.4. The molecule has 3 nitrogen and oxygen atoms in total. The molecule has 0 bridgehead atoms. The van der Waals surface area contributed by atoms with Crippen molar-refractivity contribution in [3.8, 4) is 0 Å². The van der Waals surface area contributed by atoms with Gasteiger partial charge in [-0.1, -0.05) is 19.9 Å². The van der Waals surface area contributed by atoms with Gasteiger partial charge in [0, 0.05) is 17.5 Å². The molecule has 2 aliphatic carbocycles. The van der Waals surface area contributed by atoms with E-state index < -0.39 is 0 Å². The van der Waals surface area contributed by atoms with Crippen LogP contribution in [0.4, 0.5) is 10.1 Å². The molecule has 4 heteroatoms. The second-order valence-electron chi connectivity index (χ2n) is 11.1. The van der Waals surface area contributed by atoms with Crippen molar-refractivity contribution in [2.45, 2.75) is 79.2 Å². The first-order chi connectivity index (χ1) is 13.9. The summed E-state index contributed by atoms with van der Waals surface area (Å²) in [5, 5.41) is 3.11. The van der Waals surface area contributed by atoms with Crippen molar-refractivity contribution in [3.05, 3.63) is 35.7 Å². The molecule has 0 aromatic heterocycles. The molecule has 164 valence electrons. The first kappa shape index (κ1) is 22.7. The number of nitrogens with one attached hydrogen (secondary N) is 1. The molecule has 0 heterocycles. The number of benzene rings is 1. The van der Waals surface area contributed by atoms with Crippen LogP contribution in [0.15, 0.2) is 29.3 Å². The second-order valence-corrected chi connectivity index (χ2v) is 11.1. The van der Waals surface area contributed by atoms with Gasteiger partial charge in [-0.15, -0.1) is 0 Å². The lowest BCUT2D eigenvalue weighted by Crippen LogP contribution is -2.41. The quantitative estimate of drug-likeness (QED) is 0.537. The molecule has 3 rings (SSSR count). The summed E-state index contributed by atoms with van der Waals surface area (Å²) in [6.45, 7) is 16.6. The van der Waals surface area contributed by atoms with Gasteiger partial charge in [0.05, 0.1) is 5.69 Å². The number of nitrogens with zero attached hydrogens (tertiary/aromatic N) is 1. The van der Waals surface area contributed by atoms with E-state index in [0.29, 0.717) is 18.3 Å². The van der Waals surface area contributed by atoms with E-state index in [1.54, 1.807) is 12.1 Å². The molecule has 2 fully saturated rings. The summed E-state index contributed by atoms with van der Waals surface area (Å²) in [6, 6.07) is 4.75. The maximum Gasteiger partial charge on any atom is 0.220 e.